The molecule has 0 amide bonds. The van der Waals surface area contributed by atoms with E-state index in [1.165, 1.54) is 12.1 Å². The molecule has 0 aromatic heterocycles. The average Bonchev–Trinajstić information content (AvgIpc) is 2.20. The van der Waals surface area contributed by atoms with Crippen LogP contribution in [0.15, 0.2) is 18.2 Å². The second kappa shape index (κ2) is 6.07. The topological polar surface area (TPSA) is 32.3 Å². The van der Waals surface area contributed by atoms with Gasteiger partial charge in [0.05, 0.1) is 6.61 Å². The molecule has 0 radical (unpaired) electrons. The molecule has 14 heavy (non-hydrogen) atoms. The molecule has 2 nitrogen and oxygen atoms in total. The molecule has 0 heterocycles. The number of hydrogen-bond acceptors (Lipinski definition) is 2. The van der Waals surface area contributed by atoms with Crippen molar-refractivity contribution < 1.29 is 9.50 Å². The van der Waals surface area contributed by atoms with Gasteiger partial charge in [0.25, 0.3) is 0 Å². The molecule has 0 saturated heterocycles. The third-order valence-corrected chi connectivity index (χ3v) is 2.34. The Kier molecular flexibility index (Phi) is 5.02. The van der Waals surface area contributed by atoms with Crippen molar-refractivity contribution in [3.8, 4) is 0 Å². The van der Waals surface area contributed by atoms with Crippen LogP contribution in [0.2, 0.25) is 0 Å². The summed E-state index contributed by atoms with van der Waals surface area (Å²) in [5.41, 5.74) is 1.68. The van der Waals surface area contributed by atoms with Gasteiger partial charge in [0.2, 0.25) is 0 Å². The highest BCUT2D eigenvalue weighted by Gasteiger charge is 2.02. The molecule has 0 saturated carbocycles. The van der Waals surface area contributed by atoms with Crippen LogP contribution in [0.25, 0.3) is 0 Å². The van der Waals surface area contributed by atoms with Gasteiger partial charge in [0.1, 0.15) is 5.82 Å². The summed E-state index contributed by atoms with van der Waals surface area (Å²) >= 11 is 0. The summed E-state index contributed by atoms with van der Waals surface area (Å²) in [6.07, 6.45) is 1.65. The summed E-state index contributed by atoms with van der Waals surface area (Å²) in [6, 6.07) is 4.54. The number of benzene rings is 1. The van der Waals surface area contributed by atoms with E-state index in [0.717, 1.165) is 24.8 Å². The van der Waals surface area contributed by atoms with Crippen molar-refractivity contribution in [2.24, 2.45) is 0 Å². The van der Waals surface area contributed by atoms with Crippen LogP contribution >= 0.6 is 9.24 Å². The molecule has 0 fully saturated rings. The Labute approximate surface area is 85.7 Å². The maximum atomic E-state index is 12.8. The van der Waals surface area contributed by atoms with Crippen LogP contribution in [0.5, 0.6) is 0 Å². The number of hydrogen-bond donors (Lipinski definition) is 2. The van der Waals surface area contributed by atoms with E-state index in [1.54, 1.807) is 6.07 Å². The number of rotatable bonds is 5. The van der Waals surface area contributed by atoms with E-state index in [-0.39, 0.29) is 12.4 Å². The predicted molar refractivity (Wildman–Crippen MR) is 58.6 cm³/mol. The predicted octanol–water partition coefficient (Wildman–Crippen LogP) is 1.28. The number of aliphatic hydroxyl groups is 1. The highest BCUT2D eigenvalue weighted by atomic mass is 31.0. The van der Waals surface area contributed by atoms with E-state index in [0.29, 0.717) is 5.56 Å². The maximum Gasteiger partial charge on any atom is 0.123 e. The standard InChI is InChI=1S/C10H15FNOP/c11-10-2-1-8(3-4-12-7-14)9(5-10)6-13/h1-2,5,12-13H,3-4,6-7,14H2. The fourth-order valence-electron chi connectivity index (χ4n) is 1.31. The van der Waals surface area contributed by atoms with Gasteiger partial charge in [-0.05, 0) is 36.2 Å². The zero-order valence-electron chi connectivity index (χ0n) is 7.96. The van der Waals surface area contributed by atoms with Crippen molar-refractivity contribution in [1.29, 1.82) is 0 Å². The van der Waals surface area contributed by atoms with Crippen molar-refractivity contribution in [1.82, 2.24) is 5.32 Å². The van der Waals surface area contributed by atoms with Crippen LogP contribution < -0.4 is 5.32 Å². The Morgan fingerprint density at radius 2 is 2.14 bits per heavy atom. The second-order valence-corrected chi connectivity index (χ2v) is 3.43. The first-order valence-corrected chi connectivity index (χ1v) is 5.38. The van der Waals surface area contributed by atoms with Crippen LogP contribution in [0.1, 0.15) is 11.1 Å². The normalized spacial score (nSPS) is 10.5. The van der Waals surface area contributed by atoms with Crippen molar-refractivity contribution in [3.63, 3.8) is 0 Å². The second-order valence-electron chi connectivity index (χ2n) is 3.03. The minimum Gasteiger partial charge on any atom is -0.392 e. The zero-order chi connectivity index (χ0) is 10.4. The Bertz CT molecular complexity index is 293. The number of halogens is 1. The molecule has 0 aliphatic carbocycles. The van der Waals surface area contributed by atoms with Crippen LogP contribution in [-0.4, -0.2) is 17.9 Å². The van der Waals surface area contributed by atoms with E-state index in [1.807, 2.05) is 0 Å². The molecule has 1 aromatic rings. The Balaban J connectivity index is 2.65. The summed E-state index contributed by atoms with van der Waals surface area (Å²) in [7, 11) is 2.58. The van der Waals surface area contributed by atoms with Gasteiger partial charge in [-0.25, -0.2) is 4.39 Å². The molecule has 0 bridgehead atoms. The quantitative estimate of drug-likeness (QED) is 0.573. The minimum absolute atomic E-state index is 0.103. The van der Waals surface area contributed by atoms with E-state index in [9.17, 15) is 4.39 Å². The molecular weight excluding hydrogens is 200 g/mol. The summed E-state index contributed by atoms with van der Waals surface area (Å²) in [5.74, 6) is -0.295. The molecule has 4 heteroatoms. The average molecular weight is 215 g/mol. The van der Waals surface area contributed by atoms with Crippen LogP contribution in [-0.2, 0) is 13.0 Å². The van der Waals surface area contributed by atoms with E-state index < -0.39 is 0 Å². The Morgan fingerprint density at radius 1 is 1.36 bits per heavy atom. The monoisotopic (exact) mass is 215 g/mol. The van der Waals surface area contributed by atoms with Crippen LogP contribution in [0.3, 0.4) is 0 Å². The SMILES string of the molecule is OCc1cc(F)ccc1CCNCP. The van der Waals surface area contributed by atoms with Crippen molar-refractivity contribution in [3.05, 3.63) is 35.1 Å². The van der Waals surface area contributed by atoms with Crippen LogP contribution in [0, 0.1) is 5.82 Å². The van der Waals surface area contributed by atoms with Gasteiger partial charge in [0, 0.05) is 6.29 Å². The zero-order valence-corrected chi connectivity index (χ0v) is 9.12. The van der Waals surface area contributed by atoms with Crippen molar-refractivity contribution >= 4 is 9.24 Å². The summed E-state index contributed by atoms with van der Waals surface area (Å²) in [6.45, 7) is 0.732. The van der Waals surface area contributed by atoms with Crippen LogP contribution in [0.4, 0.5) is 4.39 Å². The summed E-state index contributed by atoms with van der Waals surface area (Å²) in [5, 5.41) is 12.2. The molecule has 78 valence electrons. The lowest BCUT2D eigenvalue weighted by Gasteiger charge is -2.07. The van der Waals surface area contributed by atoms with Gasteiger partial charge in [-0.2, -0.15) is 0 Å². The molecule has 0 spiro atoms. The lowest BCUT2D eigenvalue weighted by molar-refractivity contribution is 0.280. The highest BCUT2D eigenvalue weighted by Crippen LogP contribution is 2.11. The number of aliphatic hydroxyl groups excluding tert-OH is 1. The lowest BCUT2D eigenvalue weighted by atomic mass is 10.1. The molecule has 0 aliphatic rings. The molecule has 2 N–H and O–H groups in total. The molecule has 1 atom stereocenters. The first-order valence-electron chi connectivity index (χ1n) is 4.57. The van der Waals surface area contributed by atoms with Gasteiger partial charge in [-0.1, -0.05) is 6.07 Å². The van der Waals surface area contributed by atoms with Gasteiger partial charge < -0.3 is 10.4 Å². The highest BCUT2D eigenvalue weighted by molar-refractivity contribution is 7.16. The first-order chi connectivity index (χ1) is 6.77. The molecule has 1 aromatic carbocycles. The van der Waals surface area contributed by atoms with E-state index >= 15 is 0 Å². The van der Waals surface area contributed by atoms with E-state index in [4.69, 9.17) is 5.11 Å². The minimum atomic E-state index is -0.295. The maximum absolute atomic E-state index is 12.8. The van der Waals surface area contributed by atoms with E-state index in [2.05, 4.69) is 14.6 Å². The fourth-order valence-corrected chi connectivity index (χ4v) is 1.51. The van der Waals surface area contributed by atoms with Gasteiger partial charge in [-0.15, -0.1) is 9.24 Å². The Hall–Kier alpha value is -0.500. The molecule has 1 rings (SSSR count). The lowest BCUT2D eigenvalue weighted by Crippen LogP contribution is -2.15. The van der Waals surface area contributed by atoms with Crippen molar-refractivity contribution in [2.75, 3.05) is 12.8 Å². The van der Waals surface area contributed by atoms with Gasteiger partial charge in [0.15, 0.2) is 0 Å². The smallest absolute Gasteiger partial charge is 0.123 e. The molecule has 1 unspecified atom stereocenters. The molecule has 0 aliphatic heterocycles. The summed E-state index contributed by atoms with van der Waals surface area (Å²) in [4.78, 5) is 0. The Morgan fingerprint density at radius 3 is 2.79 bits per heavy atom. The van der Waals surface area contributed by atoms with Gasteiger partial charge in [-0.3, -0.25) is 0 Å². The first kappa shape index (κ1) is 11.6. The largest absolute Gasteiger partial charge is 0.392 e. The summed E-state index contributed by atoms with van der Waals surface area (Å²) < 4.78 is 12.8. The number of nitrogens with one attached hydrogen (secondary N) is 1. The third kappa shape index (κ3) is 3.33. The van der Waals surface area contributed by atoms with Gasteiger partial charge >= 0.3 is 0 Å². The third-order valence-electron chi connectivity index (χ3n) is 2.05. The molecular formula is C10H15FNOP. The van der Waals surface area contributed by atoms with Crippen molar-refractivity contribution in [2.45, 2.75) is 13.0 Å². The fraction of sp³-hybridized carbons (Fsp3) is 0.400.